The van der Waals surface area contributed by atoms with E-state index in [-0.39, 0.29) is 0 Å². The summed E-state index contributed by atoms with van der Waals surface area (Å²) < 4.78 is 12.0. The Balaban J connectivity index is 2.56. The lowest BCUT2D eigenvalue weighted by Gasteiger charge is -2.32. The van der Waals surface area contributed by atoms with Crippen molar-refractivity contribution < 1.29 is 9.18 Å². The van der Waals surface area contributed by atoms with Crippen molar-refractivity contribution in [2.24, 2.45) is 4.99 Å². The smallest absolute Gasteiger partial charge is 0.235 e. The normalized spacial score (nSPS) is 21.9. The third kappa shape index (κ3) is 1.14. The predicted molar refractivity (Wildman–Crippen MR) is 34.2 cm³/mol. The highest BCUT2D eigenvalue weighted by Gasteiger charge is 2.37. The van der Waals surface area contributed by atoms with E-state index in [9.17, 15) is 9.18 Å². The molecule has 1 saturated heterocycles. The number of thioether (sulfide) groups is 1. The summed E-state index contributed by atoms with van der Waals surface area (Å²) in [5.41, 5.74) is -0.688. The number of nitrogens with zero attached hydrogens (tertiary/aromatic N) is 1. The third-order valence-electron chi connectivity index (χ3n) is 1.27. The number of rotatable bonds is 2. The zero-order valence-electron chi connectivity index (χ0n) is 4.76. The Labute approximate surface area is 56.5 Å². The molecule has 1 fully saturated rings. The maximum absolute atomic E-state index is 12.0. The average Bonchev–Trinajstić information content (AvgIpc) is 1.79. The highest BCUT2D eigenvalue weighted by atomic mass is 32.2. The fraction of sp³-hybridized carbons (Fsp3) is 0.800. The van der Waals surface area contributed by atoms with Gasteiger partial charge in [-0.15, -0.1) is 0 Å². The molecular weight excluding hydrogens is 141 g/mol. The average molecular weight is 147 g/mol. The minimum absolute atomic E-state index is 0.533. The molecule has 2 nitrogen and oxygen atoms in total. The fourth-order valence-electron chi connectivity index (χ4n) is 0.606. The van der Waals surface area contributed by atoms with E-state index in [1.165, 1.54) is 6.08 Å². The number of halogens is 1. The molecule has 1 heterocycles. The number of isocyanates is 1. The zero-order chi connectivity index (χ0) is 6.74. The summed E-state index contributed by atoms with van der Waals surface area (Å²) in [5.74, 6) is 1.25. The Hall–Kier alpha value is -0.340. The van der Waals surface area contributed by atoms with Crippen molar-refractivity contribution in [3.63, 3.8) is 0 Å². The summed E-state index contributed by atoms with van der Waals surface area (Å²) in [7, 11) is 0. The van der Waals surface area contributed by atoms with Crippen molar-refractivity contribution in [1.82, 2.24) is 0 Å². The van der Waals surface area contributed by atoms with Gasteiger partial charge in [0, 0.05) is 11.5 Å². The molecule has 0 bridgehead atoms. The van der Waals surface area contributed by atoms with Crippen molar-refractivity contribution in [1.29, 1.82) is 0 Å². The molecule has 0 aliphatic carbocycles. The van der Waals surface area contributed by atoms with Crippen LogP contribution in [0.25, 0.3) is 0 Å². The Morgan fingerprint density at radius 2 is 2.44 bits per heavy atom. The van der Waals surface area contributed by atoms with Crippen LogP contribution in [0.3, 0.4) is 0 Å². The van der Waals surface area contributed by atoms with Crippen LogP contribution in [-0.4, -0.2) is 29.8 Å². The van der Waals surface area contributed by atoms with E-state index in [2.05, 4.69) is 4.99 Å². The van der Waals surface area contributed by atoms with Gasteiger partial charge in [0.05, 0.1) is 0 Å². The van der Waals surface area contributed by atoms with Crippen LogP contribution >= 0.6 is 11.8 Å². The van der Waals surface area contributed by atoms with Crippen molar-refractivity contribution in [2.75, 3.05) is 18.2 Å². The minimum atomic E-state index is -0.688. The summed E-state index contributed by atoms with van der Waals surface area (Å²) in [6.07, 6.45) is 1.38. The Morgan fingerprint density at radius 3 is 2.56 bits per heavy atom. The molecule has 1 aliphatic rings. The first-order chi connectivity index (χ1) is 4.33. The molecule has 0 unspecified atom stereocenters. The van der Waals surface area contributed by atoms with Crippen molar-refractivity contribution in [3.05, 3.63) is 0 Å². The van der Waals surface area contributed by atoms with Gasteiger partial charge in [-0.1, -0.05) is 0 Å². The van der Waals surface area contributed by atoms with Gasteiger partial charge in [0.15, 0.2) is 0 Å². The Morgan fingerprint density at radius 1 is 1.78 bits per heavy atom. The Kier molecular flexibility index (Phi) is 1.88. The third-order valence-corrected chi connectivity index (χ3v) is 2.76. The van der Waals surface area contributed by atoms with Crippen LogP contribution in [0, 0.1) is 0 Å². The van der Waals surface area contributed by atoms with Gasteiger partial charge in [0.25, 0.3) is 0 Å². The molecule has 9 heavy (non-hydrogen) atoms. The second-order valence-corrected chi connectivity index (χ2v) is 3.04. The molecule has 1 rings (SSSR count). The van der Waals surface area contributed by atoms with Crippen molar-refractivity contribution in [2.45, 2.75) is 5.54 Å². The quantitative estimate of drug-likeness (QED) is 0.426. The van der Waals surface area contributed by atoms with E-state index in [4.69, 9.17) is 0 Å². The zero-order valence-corrected chi connectivity index (χ0v) is 5.58. The molecular formula is C5H6FNOS. The summed E-state index contributed by atoms with van der Waals surface area (Å²) in [6, 6.07) is 0. The van der Waals surface area contributed by atoms with E-state index >= 15 is 0 Å². The lowest BCUT2D eigenvalue weighted by atomic mass is 10.1. The lowest BCUT2D eigenvalue weighted by molar-refractivity contribution is 0.350. The molecule has 0 amide bonds. The number of hydrogen-bond acceptors (Lipinski definition) is 3. The van der Waals surface area contributed by atoms with Gasteiger partial charge >= 0.3 is 0 Å². The largest absolute Gasteiger partial charge is 0.248 e. The first kappa shape index (κ1) is 6.78. The molecule has 0 radical (unpaired) electrons. The molecule has 0 aromatic rings. The monoisotopic (exact) mass is 147 g/mol. The molecule has 0 atom stereocenters. The second kappa shape index (κ2) is 2.50. The molecule has 50 valence electrons. The molecule has 0 aromatic heterocycles. The topological polar surface area (TPSA) is 29.4 Å². The number of hydrogen-bond donors (Lipinski definition) is 0. The molecule has 0 aromatic carbocycles. The first-order valence-electron chi connectivity index (χ1n) is 2.56. The van der Waals surface area contributed by atoms with Crippen LogP contribution in [0.4, 0.5) is 4.39 Å². The Bertz CT molecular complexity index is 146. The van der Waals surface area contributed by atoms with E-state index < -0.39 is 12.2 Å². The van der Waals surface area contributed by atoms with Crippen LogP contribution in [0.1, 0.15) is 0 Å². The van der Waals surface area contributed by atoms with Crippen molar-refractivity contribution in [3.8, 4) is 0 Å². The molecule has 0 spiro atoms. The van der Waals surface area contributed by atoms with Gasteiger partial charge in [0.1, 0.15) is 12.2 Å². The van der Waals surface area contributed by atoms with Gasteiger partial charge in [-0.3, -0.25) is 0 Å². The minimum Gasteiger partial charge on any atom is -0.248 e. The lowest BCUT2D eigenvalue weighted by Crippen LogP contribution is -2.43. The van der Waals surface area contributed by atoms with Gasteiger partial charge in [-0.2, -0.15) is 16.8 Å². The molecule has 0 saturated carbocycles. The van der Waals surface area contributed by atoms with Crippen LogP contribution in [0.15, 0.2) is 4.99 Å². The standard InChI is InChI=1S/C5H6FNOS/c6-1-5(7-4-8)2-9-3-5/h1-3H2. The van der Waals surface area contributed by atoms with Crippen LogP contribution in [-0.2, 0) is 4.79 Å². The van der Waals surface area contributed by atoms with E-state index in [0.717, 1.165) is 0 Å². The van der Waals surface area contributed by atoms with E-state index in [1.807, 2.05) is 0 Å². The maximum Gasteiger partial charge on any atom is 0.235 e. The molecule has 4 heteroatoms. The summed E-state index contributed by atoms with van der Waals surface area (Å²) in [4.78, 5) is 13.1. The van der Waals surface area contributed by atoms with Crippen molar-refractivity contribution >= 4 is 17.8 Å². The van der Waals surface area contributed by atoms with E-state index in [0.29, 0.717) is 11.5 Å². The van der Waals surface area contributed by atoms with Gasteiger partial charge < -0.3 is 0 Å². The highest BCUT2D eigenvalue weighted by molar-refractivity contribution is 8.00. The number of carbonyl (C=O) groups excluding carboxylic acids is 1. The van der Waals surface area contributed by atoms with Gasteiger partial charge in [0.2, 0.25) is 6.08 Å². The van der Waals surface area contributed by atoms with Gasteiger partial charge in [-0.05, 0) is 0 Å². The van der Waals surface area contributed by atoms with Crippen LogP contribution in [0.5, 0.6) is 0 Å². The SMILES string of the molecule is O=C=NC1(CF)CSC1. The summed E-state index contributed by atoms with van der Waals surface area (Å²) in [5, 5.41) is 0. The van der Waals surface area contributed by atoms with E-state index in [1.54, 1.807) is 11.8 Å². The molecule has 0 N–H and O–H groups in total. The maximum atomic E-state index is 12.0. The summed E-state index contributed by atoms with van der Waals surface area (Å²) in [6.45, 7) is -0.533. The predicted octanol–water partition coefficient (Wildman–Crippen LogP) is 0.777. The molecule has 1 aliphatic heterocycles. The summed E-state index contributed by atoms with van der Waals surface area (Å²) >= 11 is 1.60. The van der Waals surface area contributed by atoms with Crippen LogP contribution in [0.2, 0.25) is 0 Å². The fourth-order valence-corrected chi connectivity index (χ4v) is 1.56. The number of alkyl halides is 1. The second-order valence-electron chi connectivity index (χ2n) is 2.05. The first-order valence-corrected chi connectivity index (χ1v) is 3.71. The van der Waals surface area contributed by atoms with Crippen LogP contribution < -0.4 is 0 Å². The van der Waals surface area contributed by atoms with Gasteiger partial charge in [-0.25, -0.2) is 9.18 Å². The number of aliphatic imine (C=N–C) groups is 1. The highest BCUT2D eigenvalue weighted by Crippen LogP contribution is 2.32.